The quantitative estimate of drug-likeness (QED) is 0.473. The van der Waals surface area contributed by atoms with E-state index in [0.717, 1.165) is 63.6 Å². The zero-order valence-corrected chi connectivity index (χ0v) is 23.2. The molecule has 9 heteroatoms. The number of nitrogens with two attached hydrogens (primary N) is 1. The average Bonchev–Trinajstić information content (AvgIpc) is 2.85. The van der Waals surface area contributed by atoms with Gasteiger partial charge < -0.3 is 15.5 Å². The van der Waals surface area contributed by atoms with Crippen LogP contribution in [0.4, 0.5) is 11.4 Å². The minimum absolute atomic E-state index is 0. The molecule has 0 atom stereocenters. The van der Waals surface area contributed by atoms with Gasteiger partial charge in [0.25, 0.3) is 0 Å². The first-order valence-corrected chi connectivity index (χ1v) is 13.4. The zero-order valence-electron chi connectivity index (χ0n) is 20.0. The van der Waals surface area contributed by atoms with Gasteiger partial charge in [0.2, 0.25) is 5.91 Å². The van der Waals surface area contributed by atoms with Crippen LogP contribution in [0.25, 0.3) is 0 Å². The highest BCUT2D eigenvalue weighted by Crippen LogP contribution is 2.48. The van der Waals surface area contributed by atoms with Gasteiger partial charge in [0.05, 0.1) is 11.4 Å². The molecule has 3 aliphatic heterocycles. The van der Waals surface area contributed by atoms with E-state index in [1.54, 1.807) is 0 Å². The summed E-state index contributed by atoms with van der Waals surface area (Å²) in [5.41, 5.74) is 7.98. The van der Waals surface area contributed by atoms with Gasteiger partial charge in [-0.25, -0.2) is 0 Å². The molecule has 0 unspecified atom stereocenters. The summed E-state index contributed by atoms with van der Waals surface area (Å²) in [6.07, 6.45) is 6.38. The molecule has 0 aliphatic carbocycles. The smallest absolute Gasteiger partial charge is 0.238 e. The molecule has 2 N–H and O–H groups in total. The van der Waals surface area contributed by atoms with E-state index in [-0.39, 0.29) is 30.7 Å². The number of fused-ring (bicyclic) bond motifs is 2. The maximum absolute atomic E-state index is 12.5. The molecule has 2 aromatic rings. The Morgan fingerprint density at radius 2 is 1.60 bits per heavy atom. The summed E-state index contributed by atoms with van der Waals surface area (Å²) in [5.74, 6) is -0.125. The van der Waals surface area contributed by atoms with E-state index < -0.39 is 5.54 Å². The van der Waals surface area contributed by atoms with Crippen LogP contribution >= 0.6 is 48.2 Å². The van der Waals surface area contributed by atoms with Crippen molar-refractivity contribution in [3.8, 4) is 0 Å². The van der Waals surface area contributed by atoms with Gasteiger partial charge >= 0.3 is 0 Å². The fourth-order valence-corrected chi connectivity index (χ4v) is 6.93. The predicted octanol–water partition coefficient (Wildman–Crippen LogP) is 5.98. The lowest BCUT2D eigenvalue weighted by Gasteiger charge is -2.48. The van der Waals surface area contributed by atoms with Crippen molar-refractivity contribution in [2.24, 2.45) is 5.73 Å². The van der Waals surface area contributed by atoms with Crippen LogP contribution in [-0.4, -0.2) is 60.5 Å². The van der Waals surface area contributed by atoms with Crippen LogP contribution in [0.5, 0.6) is 0 Å². The van der Waals surface area contributed by atoms with Crippen molar-refractivity contribution in [1.82, 2.24) is 9.80 Å². The maximum atomic E-state index is 12.5. The van der Waals surface area contributed by atoms with E-state index in [1.807, 2.05) is 17.8 Å². The second-order valence-corrected chi connectivity index (χ2v) is 11.0. The molecular formula is C26H35Cl3N4OS. The van der Waals surface area contributed by atoms with Crippen molar-refractivity contribution < 1.29 is 4.79 Å². The van der Waals surface area contributed by atoms with Gasteiger partial charge in [0, 0.05) is 34.4 Å². The van der Waals surface area contributed by atoms with Crippen molar-refractivity contribution in [1.29, 1.82) is 0 Å². The van der Waals surface area contributed by atoms with Gasteiger partial charge in [-0.2, -0.15) is 0 Å². The van der Waals surface area contributed by atoms with Gasteiger partial charge in [0.1, 0.15) is 5.54 Å². The molecule has 0 spiro atoms. The Balaban J connectivity index is 0.00000171. The van der Waals surface area contributed by atoms with Crippen molar-refractivity contribution >= 4 is 65.5 Å². The fraction of sp³-hybridized carbons (Fsp3) is 0.500. The summed E-state index contributed by atoms with van der Waals surface area (Å²) in [6.45, 7) is 5.86. The van der Waals surface area contributed by atoms with Crippen molar-refractivity contribution in [3.63, 3.8) is 0 Å². The Morgan fingerprint density at radius 1 is 0.914 bits per heavy atom. The van der Waals surface area contributed by atoms with E-state index in [0.29, 0.717) is 0 Å². The largest absolute Gasteiger partial charge is 0.368 e. The summed E-state index contributed by atoms with van der Waals surface area (Å²) >= 11 is 8.17. The summed E-state index contributed by atoms with van der Waals surface area (Å²) in [4.78, 5) is 22.4. The minimum atomic E-state index is -0.435. The third kappa shape index (κ3) is 5.89. The van der Waals surface area contributed by atoms with E-state index in [4.69, 9.17) is 17.3 Å². The normalized spacial score (nSPS) is 19.6. The molecule has 192 valence electrons. The van der Waals surface area contributed by atoms with E-state index in [9.17, 15) is 4.79 Å². The number of hydrogen-bond acceptors (Lipinski definition) is 5. The number of nitrogens with zero attached hydrogens (tertiary/aromatic N) is 3. The summed E-state index contributed by atoms with van der Waals surface area (Å²) in [7, 11) is 0. The standard InChI is InChI=1S/C26H33ClN4OS.2ClH/c27-20-9-10-24-22(19-20)31(21-7-2-3-8-23(21)33-24)16-6-13-29-17-11-26(12-18-29,25(28)32)30-14-4-1-5-15-30;;/h2-3,7-10,19H,1,4-6,11-18H2,(H2,28,32);2*1H. The highest BCUT2D eigenvalue weighted by atomic mass is 35.5. The number of carbonyl (C=O) groups excluding carboxylic acids is 1. The van der Waals surface area contributed by atoms with Crippen LogP contribution in [0, 0.1) is 0 Å². The van der Waals surface area contributed by atoms with Gasteiger partial charge in [-0.15, -0.1) is 24.8 Å². The van der Waals surface area contributed by atoms with Gasteiger partial charge in [-0.1, -0.05) is 41.9 Å². The Labute approximate surface area is 230 Å². The average molecular weight is 558 g/mol. The zero-order chi connectivity index (χ0) is 22.8. The number of para-hydroxylation sites is 1. The molecule has 0 radical (unpaired) electrons. The molecular weight excluding hydrogens is 523 g/mol. The first-order valence-electron chi connectivity index (χ1n) is 12.2. The van der Waals surface area contributed by atoms with Crippen molar-refractivity contribution in [3.05, 3.63) is 47.5 Å². The van der Waals surface area contributed by atoms with E-state index in [2.05, 4.69) is 51.1 Å². The molecule has 3 heterocycles. The first-order chi connectivity index (χ1) is 16.1. The molecule has 1 amide bonds. The molecule has 5 nitrogen and oxygen atoms in total. The molecule has 0 saturated carbocycles. The molecule has 2 aromatic carbocycles. The maximum Gasteiger partial charge on any atom is 0.238 e. The second kappa shape index (κ2) is 12.4. The number of benzene rings is 2. The number of carbonyl (C=O) groups is 1. The second-order valence-electron chi connectivity index (χ2n) is 9.47. The predicted molar refractivity (Wildman–Crippen MR) is 151 cm³/mol. The Hall–Kier alpha value is -1.15. The SMILES string of the molecule is Cl.Cl.NC(=O)C1(N2CCCCC2)CCN(CCCN2c3ccccc3Sc3ccc(Cl)cc32)CC1. The lowest BCUT2D eigenvalue weighted by Crippen LogP contribution is -2.63. The van der Waals surface area contributed by atoms with Crippen LogP contribution in [0.2, 0.25) is 5.02 Å². The summed E-state index contributed by atoms with van der Waals surface area (Å²) in [6, 6.07) is 14.8. The van der Waals surface area contributed by atoms with Crippen molar-refractivity contribution in [2.45, 2.75) is 53.9 Å². The number of hydrogen-bond donors (Lipinski definition) is 1. The van der Waals surface area contributed by atoms with Crippen LogP contribution in [0.3, 0.4) is 0 Å². The Bertz CT molecular complexity index is 1010. The third-order valence-electron chi connectivity index (χ3n) is 7.55. The first kappa shape index (κ1) is 28.4. The number of likely N-dealkylation sites (tertiary alicyclic amines) is 2. The van der Waals surface area contributed by atoms with E-state index in [1.165, 1.54) is 40.4 Å². The number of halogens is 3. The highest BCUT2D eigenvalue weighted by Gasteiger charge is 2.44. The van der Waals surface area contributed by atoms with Crippen molar-refractivity contribution in [2.75, 3.05) is 44.2 Å². The van der Waals surface area contributed by atoms with Crippen LogP contribution in [-0.2, 0) is 4.79 Å². The number of rotatable bonds is 6. The number of anilines is 2. The fourth-order valence-electron chi connectivity index (χ4n) is 5.68. The molecule has 35 heavy (non-hydrogen) atoms. The van der Waals surface area contributed by atoms with Crippen LogP contribution < -0.4 is 10.6 Å². The number of piperidine rings is 2. The van der Waals surface area contributed by atoms with Gasteiger partial charge in [-0.3, -0.25) is 9.69 Å². The minimum Gasteiger partial charge on any atom is -0.368 e. The molecule has 2 saturated heterocycles. The third-order valence-corrected chi connectivity index (χ3v) is 8.91. The Morgan fingerprint density at radius 3 is 2.31 bits per heavy atom. The topological polar surface area (TPSA) is 52.8 Å². The molecule has 0 aromatic heterocycles. The Kier molecular flexibility index (Phi) is 10.1. The monoisotopic (exact) mass is 556 g/mol. The summed E-state index contributed by atoms with van der Waals surface area (Å²) in [5, 5.41) is 0.773. The molecule has 0 bridgehead atoms. The highest BCUT2D eigenvalue weighted by molar-refractivity contribution is 7.99. The summed E-state index contributed by atoms with van der Waals surface area (Å²) < 4.78 is 0. The van der Waals surface area contributed by atoms with E-state index >= 15 is 0 Å². The number of primary amides is 1. The molecule has 2 fully saturated rings. The lowest BCUT2D eigenvalue weighted by molar-refractivity contribution is -0.134. The van der Waals surface area contributed by atoms with Crippen LogP contribution in [0.1, 0.15) is 38.5 Å². The molecule has 3 aliphatic rings. The van der Waals surface area contributed by atoms with Gasteiger partial charge in [0.15, 0.2) is 0 Å². The molecule has 5 rings (SSSR count). The lowest BCUT2D eigenvalue weighted by atomic mass is 9.83. The van der Waals surface area contributed by atoms with Gasteiger partial charge in [-0.05, 0) is 82.1 Å². The number of amides is 1. The van der Waals surface area contributed by atoms with Crippen LogP contribution in [0.15, 0.2) is 52.3 Å².